The number of phenolic OH excluding ortho intramolecular Hbond substituents is 1. The molecule has 166 valence electrons. The molecule has 0 spiro atoms. The number of nitrogens with one attached hydrogen (secondary N) is 1. The number of ketones is 2. The van der Waals surface area contributed by atoms with Crippen molar-refractivity contribution in [3.05, 3.63) is 70.3 Å². The molecule has 0 saturated carbocycles. The van der Waals surface area contributed by atoms with E-state index in [-0.39, 0.29) is 40.4 Å². The third kappa shape index (κ3) is 4.31. The van der Waals surface area contributed by atoms with Crippen LogP contribution in [-0.4, -0.2) is 48.9 Å². The number of benzene rings is 1. The number of nitrogens with zero attached hydrogens (tertiary/aromatic N) is 1. The zero-order valence-corrected chi connectivity index (χ0v) is 18.0. The van der Waals surface area contributed by atoms with Crippen molar-refractivity contribution in [2.24, 2.45) is 0 Å². The zero-order valence-electron chi connectivity index (χ0n) is 18.0. The first kappa shape index (κ1) is 22.5. The van der Waals surface area contributed by atoms with Gasteiger partial charge in [0.2, 0.25) is 29.0 Å². The van der Waals surface area contributed by atoms with Gasteiger partial charge >= 0.3 is 0 Å². The Morgan fingerprint density at radius 1 is 1.00 bits per heavy atom. The Morgan fingerprint density at radius 3 is 2.25 bits per heavy atom. The molecule has 0 unspecified atom stereocenters. The van der Waals surface area contributed by atoms with Crippen molar-refractivity contribution in [1.29, 1.82) is 0 Å². The summed E-state index contributed by atoms with van der Waals surface area (Å²) in [4.78, 5) is 41.8. The maximum atomic E-state index is 12.8. The minimum atomic E-state index is -0.533. The predicted octanol–water partition coefficient (Wildman–Crippen LogP) is 2.56. The molecule has 9 heteroatoms. The van der Waals surface area contributed by atoms with Gasteiger partial charge in [-0.25, -0.2) is 4.98 Å². The van der Waals surface area contributed by atoms with Crippen LogP contribution in [0.25, 0.3) is 0 Å². The van der Waals surface area contributed by atoms with Crippen molar-refractivity contribution in [2.45, 2.75) is 13.3 Å². The first-order chi connectivity index (χ1) is 15.3. The van der Waals surface area contributed by atoms with Gasteiger partial charge in [-0.15, -0.1) is 0 Å². The van der Waals surface area contributed by atoms with E-state index < -0.39 is 17.5 Å². The molecule has 0 radical (unpaired) electrons. The number of pyridine rings is 1. The molecule has 0 bridgehead atoms. The lowest BCUT2D eigenvalue weighted by atomic mass is 9.88. The van der Waals surface area contributed by atoms with E-state index in [1.807, 2.05) is 0 Å². The van der Waals surface area contributed by atoms with E-state index in [0.29, 0.717) is 17.1 Å². The highest BCUT2D eigenvalue weighted by Crippen LogP contribution is 2.29. The number of aromatic hydroxyl groups is 1. The SMILES string of the molecule is COC1=C(OC)C(=O)C(Cc2ccc(C(=O)Nc3ccc(OC)nc3)c(O)c2)=C(C)C1=O. The fourth-order valence-electron chi connectivity index (χ4n) is 3.26. The Kier molecular flexibility index (Phi) is 6.58. The number of hydrogen-bond acceptors (Lipinski definition) is 8. The summed E-state index contributed by atoms with van der Waals surface area (Å²) in [5, 5.41) is 13.0. The van der Waals surface area contributed by atoms with Crippen LogP contribution in [-0.2, 0) is 25.5 Å². The quantitative estimate of drug-likeness (QED) is 0.632. The number of ether oxygens (including phenoxy) is 3. The molecule has 3 rings (SSSR count). The van der Waals surface area contributed by atoms with Gasteiger partial charge < -0.3 is 24.6 Å². The number of aromatic nitrogens is 1. The Balaban J connectivity index is 1.80. The summed E-state index contributed by atoms with van der Waals surface area (Å²) in [6.45, 7) is 1.53. The topological polar surface area (TPSA) is 124 Å². The lowest BCUT2D eigenvalue weighted by molar-refractivity contribution is -0.121. The number of methoxy groups -OCH3 is 3. The number of Topliss-reactive ketones (excluding diaryl/α,β-unsaturated/α-hetero) is 2. The van der Waals surface area contributed by atoms with Gasteiger partial charge in [-0.3, -0.25) is 14.4 Å². The Labute approximate surface area is 184 Å². The molecule has 0 fully saturated rings. The average Bonchev–Trinajstić information content (AvgIpc) is 2.79. The van der Waals surface area contributed by atoms with Crippen molar-refractivity contribution in [2.75, 3.05) is 26.6 Å². The summed E-state index contributed by atoms with van der Waals surface area (Å²) in [6, 6.07) is 7.62. The lowest BCUT2D eigenvalue weighted by Crippen LogP contribution is -2.26. The molecule has 0 aliphatic heterocycles. The molecule has 0 atom stereocenters. The molecule has 32 heavy (non-hydrogen) atoms. The molecule has 1 aliphatic rings. The normalized spacial score (nSPS) is 13.9. The van der Waals surface area contributed by atoms with E-state index in [9.17, 15) is 19.5 Å². The zero-order chi connectivity index (χ0) is 23.4. The number of amides is 1. The van der Waals surface area contributed by atoms with E-state index >= 15 is 0 Å². The van der Waals surface area contributed by atoms with Crippen molar-refractivity contribution in [1.82, 2.24) is 4.98 Å². The van der Waals surface area contributed by atoms with E-state index in [4.69, 9.17) is 14.2 Å². The molecule has 1 amide bonds. The number of rotatable bonds is 7. The fourth-order valence-corrected chi connectivity index (χ4v) is 3.26. The van der Waals surface area contributed by atoms with Crippen LogP contribution in [0.1, 0.15) is 22.8 Å². The molecule has 1 aliphatic carbocycles. The first-order valence-corrected chi connectivity index (χ1v) is 9.55. The van der Waals surface area contributed by atoms with E-state index in [1.165, 1.54) is 46.6 Å². The van der Waals surface area contributed by atoms with E-state index in [0.717, 1.165) is 0 Å². The van der Waals surface area contributed by atoms with Crippen molar-refractivity contribution < 1.29 is 33.7 Å². The molecular weight excluding hydrogens is 416 g/mol. The molecule has 0 saturated heterocycles. The Bertz CT molecular complexity index is 1150. The van der Waals surface area contributed by atoms with E-state index in [1.54, 1.807) is 18.2 Å². The van der Waals surface area contributed by atoms with Crippen LogP contribution in [0.4, 0.5) is 5.69 Å². The van der Waals surface area contributed by atoms with Gasteiger partial charge in [0.1, 0.15) is 5.75 Å². The largest absolute Gasteiger partial charge is 0.507 e. The summed E-state index contributed by atoms with van der Waals surface area (Å²) in [6.07, 6.45) is 1.50. The maximum absolute atomic E-state index is 12.8. The van der Waals surface area contributed by atoms with Crippen LogP contribution in [0, 0.1) is 0 Å². The number of hydrogen-bond donors (Lipinski definition) is 2. The predicted molar refractivity (Wildman–Crippen MR) is 114 cm³/mol. The van der Waals surface area contributed by atoms with Crippen LogP contribution >= 0.6 is 0 Å². The molecule has 9 nitrogen and oxygen atoms in total. The van der Waals surface area contributed by atoms with Gasteiger partial charge in [0.15, 0.2) is 0 Å². The minimum Gasteiger partial charge on any atom is -0.507 e. The average molecular weight is 438 g/mol. The fraction of sp³-hybridized carbons (Fsp3) is 0.217. The van der Waals surface area contributed by atoms with Gasteiger partial charge in [0, 0.05) is 23.6 Å². The molecule has 1 heterocycles. The van der Waals surface area contributed by atoms with Gasteiger partial charge in [0.25, 0.3) is 5.91 Å². The number of anilines is 1. The highest BCUT2D eigenvalue weighted by Gasteiger charge is 2.34. The second-order valence-corrected chi connectivity index (χ2v) is 6.90. The Morgan fingerprint density at radius 2 is 1.69 bits per heavy atom. The monoisotopic (exact) mass is 438 g/mol. The standard InChI is InChI=1S/C23H22N2O7/c1-12-16(20(28)22(32-4)21(31-3)19(12)27)9-13-5-7-15(17(26)10-13)23(29)25-14-6-8-18(30-2)24-11-14/h5-8,10-11,26H,9H2,1-4H3,(H,25,29). The van der Waals surface area contributed by atoms with Crippen LogP contribution in [0.15, 0.2) is 59.2 Å². The minimum absolute atomic E-state index is 0.0421. The van der Waals surface area contributed by atoms with Crippen molar-refractivity contribution >= 4 is 23.2 Å². The highest BCUT2D eigenvalue weighted by molar-refractivity contribution is 6.23. The molecule has 1 aromatic heterocycles. The van der Waals surface area contributed by atoms with Crippen LogP contribution < -0.4 is 10.1 Å². The lowest BCUT2D eigenvalue weighted by Gasteiger charge is -2.20. The number of carbonyl (C=O) groups excluding carboxylic acids is 3. The highest BCUT2D eigenvalue weighted by atomic mass is 16.5. The second-order valence-electron chi connectivity index (χ2n) is 6.90. The van der Waals surface area contributed by atoms with Gasteiger partial charge in [-0.2, -0.15) is 0 Å². The smallest absolute Gasteiger partial charge is 0.259 e. The van der Waals surface area contributed by atoms with Gasteiger partial charge in [-0.05, 0) is 30.7 Å². The second kappa shape index (κ2) is 9.34. The summed E-state index contributed by atoms with van der Waals surface area (Å²) >= 11 is 0. The van der Waals surface area contributed by atoms with Crippen molar-refractivity contribution in [3.63, 3.8) is 0 Å². The third-order valence-corrected chi connectivity index (χ3v) is 4.99. The number of carbonyl (C=O) groups is 3. The summed E-state index contributed by atoms with van der Waals surface area (Å²) in [5.74, 6) is -1.60. The molecule has 2 aromatic rings. The first-order valence-electron chi connectivity index (χ1n) is 9.55. The molecule has 2 N–H and O–H groups in total. The van der Waals surface area contributed by atoms with Crippen LogP contribution in [0.3, 0.4) is 0 Å². The number of phenols is 1. The number of allylic oxidation sites excluding steroid dienone is 2. The molecule has 1 aromatic carbocycles. The van der Waals surface area contributed by atoms with Crippen LogP contribution in [0.2, 0.25) is 0 Å². The summed E-state index contributed by atoms with van der Waals surface area (Å²) in [7, 11) is 4.06. The Hall–Kier alpha value is -4.14. The van der Waals surface area contributed by atoms with E-state index in [2.05, 4.69) is 10.3 Å². The third-order valence-electron chi connectivity index (χ3n) is 4.99. The summed E-state index contributed by atoms with van der Waals surface area (Å²) in [5.41, 5.74) is 1.48. The van der Waals surface area contributed by atoms with Crippen molar-refractivity contribution in [3.8, 4) is 11.6 Å². The van der Waals surface area contributed by atoms with Gasteiger partial charge in [0.05, 0.1) is 38.8 Å². The van der Waals surface area contributed by atoms with Gasteiger partial charge in [-0.1, -0.05) is 6.07 Å². The summed E-state index contributed by atoms with van der Waals surface area (Å²) < 4.78 is 15.1. The maximum Gasteiger partial charge on any atom is 0.259 e. The molecular formula is C23H22N2O7. The van der Waals surface area contributed by atoms with Crippen LogP contribution in [0.5, 0.6) is 11.6 Å².